The number of furan rings is 1. The molecular weight excluding hydrogens is 262 g/mol. The number of hydrogen-bond donors (Lipinski definition) is 1. The first-order valence-electron chi connectivity index (χ1n) is 7.13. The Morgan fingerprint density at radius 3 is 2.57 bits per heavy atom. The zero-order valence-corrected chi connectivity index (χ0v) is 12.2. The molecule has 2 heterocycles. The summed E-state index contributed by atoms with van der Waals surface area (Å²) >= 11 is 0. The Hall–Kier alpha value is -2.33. The molecule has 0 aliphatic carbocycles. The fourth-order valence-electron chi connectivity index (χ4n) is 2.37. The van der Waals surface area contributed by atoms with Crippen LogP contribution < -0.4 is 5.32 Å². The van der Waals surface area contributed by atoms with Crippen LogP contribution in [0.25, 0.3) is 5.69 Å². The summed E-state index contributed by atoms with van der Waals surface area (Å²) in [6.45, 7) is 4.22. The van der Waals surface area contributed by atoms with Gasteiger partial charge in [0.05, 0.1) is 24.2 Å². The molecule has 0 aliphatic rings. The Labute approximate surface area is 124 Å². The van der Waals surface area contributed by atoms with Crippen LogP contribution in [0, 0.1) is 0 Å². The molecule has 1 N–H and O–H groups in total. The lowest BCUT2D eigenvalue weighted by Crippen LogP contribution is -2.21. The van der Waals surface area contributed by atoms with E-state index in [0.29, 0.717) is 0 Å². The van der Waals surface area contributed by atoms with Crippen LogP contribution in [0.4, 0.5) is 0 Å². The molecule has 2 atom stereocenters. The van der Waals surface area contributed by atoms with Crippen LogP contribution >= 0.6 is 0 Å². The van der Waals surface area contributed by atoms with E-state index in [4.69, 9.17) is 4.42 Å². The molecule has 21 heavy (non-hydrogen) atoms. The lowest BCUT2D eigenvalue weighted by atomic mass is 10.1. The fourth-order valence-corrected chi connectivity index (χ4v) is 2.37. The smallest absolute Gasteiger partial charge is 0.120 e. The third kappa shape index (κ3) is 3.06. The Balaban J connectivity index is 1.71. The highest BCUT2D eigenvalue weighted by molar-refractivity contribution is 5.31. The Morgan fingerprint density at radius 1 is 1.05 bits per heavy atom. The number of para-hydroxylation sites is 1. The quantitative estimate of drug-likeness (QED) is 0.772. The largest absolute Gasteiger partial charge is 0.468 e. The van der Waals surface area contributed by atoms with Gasteiger partial charge in [0.1, 0.15) is 5.76 Å². The second-order valence-electron chi connectivity index (χ2n) is 5.18. The fraction of sp³-hybridized carbons (Fsp3) is 0.235. The van der Waals surface area contributed by atoms with E-state index in [2.05, 4.69) is 30.5 Å². The maximum atomic E-state index is 5.42. The summed E-state index contributed by atoms with van der Waals surface area (Å²) in [5.41, 5.74) is 2.22. The van der Waals surface area contributed by atoms with Crippen LogP contribution in [0.15, 0.2) is 65.5 Å². The van der Waals surface area contributed by atoms with Crippen LogP contribution in [0.3, 0.4) is 0 Å². The first kappa shape index (κ1) is 13.6. The minimum absolute atomic E-state index is 0.162. The summed E-state index contributed by atoms with van der Waals surface area (Å²) in [6.07, 6.45) is 5.66. The topological polar surface area (TPSA) is 43.0 Å². The maximum absolute atomic E-state index is 5.42. The van der Waals surface area contributed by atoms with E-state index in [1.165, 1.54) is 0 Å². The first-order valence-corrected chi connectivity index (χ1v) is 7.13. The van der Waals surface area contributed by atoms with Gasteiger partial charge in [-0.3, -0.25) is 0 Å². The van der Waals surface area contributed by atoms with Crippen molar-refractivity contribution in [1.82, 2.24) is 15.1 Å². The first-order chi connectivity index (χ1) is 10.2. The summed E-state index contributed by atoms with van der Waals surface area (Å²) in [5.74, 6) is 0.942. The molecule has 0 amide bonds. The molecule has 1 aromatic carbocycles. The SMILES string of the molecule is CC(N[C@H](C)c1ccco1)c1cnn(-c2ccccc2)c1. The Bertz CT molecular complexity index is 673. The molecule has 2 aromatic heterocycles. The second kappa shape index (κ2) is 5.97. The summed E-state index contributed by atoms with van der Waals surface area (Å²) in [6, 6.07) is 14.4. The standard InChI is InChI=1S/C17H19N3O/c1-13(19-14(2)17-9-6-10-21-17)15-11-18-20(12-15)16-7-4-3-5-8-16/h3-14,19H,1-2H3/t13?,14-/m1/s1. The number of benzene rings is 1. The van der Waals surface area contributed by atoms with Gasteiger partial charge in [-0.25, -0.2) is 4.68 Å². The van der Waals surface area contributed by atoms with Crippen molar-refractivity contribution in [2.75, 3.05) is 0 Å². The Kier molecular flexibility index (Phi) is 3.88. The highest BCUT2D eigenvalue weighted by Gasteiger charge is 2.14. The van der Waals surface area contributed by atoms with E-state index in [1.807, 2.05) is 53.3 Å². The molecule has 0 saturated heterocycles. The van der Waals surface area contributed by atoms with E-state index in [9.17, 15) is 0 Å². The van der Waals surface area contributed by atoms with E-state index < -0.39 is 0 Å². The number of aromatic nitrogens is 2. The van der Waals surface area contributed by atoms with Crippen LogP contribution in [-0.4, -0.2) is 9.78 Å². The highest BCUT2D eigenvalue weighted by Crippen LogP contribution is 2.20. The second-order valence-corrected chi connectivity index (χ2v) is 5.18. The van der Waals surface area contributed by atoms with Crippen molar-refractivity contribution in [2.45, 2.75) is 25.9 Å². The predicted molar refractivity (Wildman–Crippen MR) is 82.2 cm³/mol. The molecule has 3 rings (SSSR count). The van der Waals surface area contributed by atoms with Gasteiger partial charge in [0.15, 0.2) is 0 Å². The molecule has 0 spiro atoms. The van der Waals surface area contributed by atoms with Crippen molar-refractivity contribution >= 4 is 0 Å². The highest BCUT2D eigenvalue weighted by atomic mass is 16.3. The van der Waals surface area contributed by atoms with Crippen molar-refractivity contribution in [3.05, 3.63) is 72.4 Å². The molecule has 4 nitrogen and oxygen atoms in total. The van der Waals surface area contributed by atoms with Gasteiger partial charge in [-0.2, -0.15) is 5.10 Å². The third-order valence-electron chi connectivity index (χ3n) is 3.59. The molecule has 0 saturated carbocycles. The normalized spacial score (nSPS) is 14.0. The maximum Gasteiger partial charge on any atom is 0.120 e. The van der Waals surface area contributed by atoms with Crippen LogP contribution in [0.2, 0.25) is 0 Å². The zero-order valence-electron chi connectivity index (χ0n) is 12.2. The number of rotatable bonds is 5. The average molecular weight is 281 g/mol. The van der Waals surface area contributed by atoms with Crippen LogP contribution in [-0.2, 0) is 0 Å². The molecule has 3 aromatic rings. The van der Waals surface area contributed by atoms with Crippen molar-refractivity contribution in [1.29, 1.82) is 0 Å². The van der Waals surface area contributed by atoms with Gasteiger partial charge in [0, 0.05) is 17.8 Å². The van der Waals surface area contributed by atoms with Crippen molar-refractivity contribution in [2.24, 2.45) is 0 Å². The molecule has 108 valence electrons. The predicted octanol–water partition coefficient (Wildman–Crippen LogP) is 3.88. The Morgan fingerprint density at radius 2 is 1.86 bits per heavy atom. The number of hydrogen-bond acceptors (Lipinski definition) is 3. The van der Waals surface area contributed by atoms with Gasteiger partial charge in [-0.1, -0.05) is 18.2 Å². The van der Waals surface area contributed by atoms with E-state index in [-0.39, 0.29) is 12.1 Å². The minimum atomic E-state index is 0.162. The molecule has 0 fully saturated rings. The van der Waals surface area contributed by atoms with Gasteiger partial charge in [0.25, 0.3) is 0 Å². The number of nitrogens with one attached hydrogen (secondary N) is 1. The third-order valence-corrected chi connectivity index (χ3v) is 3.59. The zero-order chi connectivity index (χ0) is 14.7. The molecule has 0 aliphatic heterocycles. The summed E-state index contributed by atoms with van der Waals surface area (Å²) in [4.78, 5) is 0. The van der Waals surface area contributed by atoms with Gasteiger partial charge < -0.3 is 9.73 Å². The van der Waals surface area contributed by atoms with Crippen molar-refractivity contribution in [3.8, 4) is 5.69 Å². The summed E-state index contributed by atoms with van der Waals surface area (Å²) in [5, 5.41) is 7.95. The lowest BCUT2D eigenvalue weighted by Gasteiger charge is -2.17. The van der Waals surface area contributed by atoms with Gasteiger partial charge >= 0.3 is 0 Å². The van der Waals surface area contributed by atoms with Gasteiger partial charge in [-0.05, 0) is 38.1 Å². The minimum Gasteiger partial charge on any atom is -0.468 e. The average Bonchev–Trinajstić information content (AvgIpc) is 3.20. The van der Waals surface area contributed by atoms with Crippen molar-refractivity contribution < 1.29 is 4.42 Å². The summed E-state index contributed by atoms with van der Waals surface area (Å²) in [7, 11) is 0. The van der Waals surface area contributed by atoms with Crippen LogP contribution in [0.5, 0.6) is 0 Å². The van der Waals surface area contributed by atoms with Gasteiger partial charge in [-0.15, -0.1) is 0 Å². The molecule has 0 radical (unpaired) electrons. The molecular formula is C17H19N3O. The van der Waals surface area contributed by atoms with E-state index in [1.54, 1.807) is 6.26 Å². The molecule has 0 bridgehead atoms. The van der Waals surface area contributed by atoms with Gasteiger partial charge in [0.2, 0.25) is 0 Å². The summed E-state index contributed by atoms with van der Waals surface area (Å²) < 4.78 is 7.32. The number of nitrogens with zero attached hydrogens (tertiary/aromatic N) is 2. The lowest BCUT2D eigenvalue weighted by molar-refractivity contribution is 0.403. The molecule has 4 heteroatoms. The monoisotopic (exact) mass is 281 g/mol. The van der Waals surface area contributed by atoms with E-state index >= 15 is 0 Å². The van der Waals surface area contributed by atoms with Crippen molar-refractivity contribution in [3.63, 3.8) is 0 Å². The van der Waals surface area contributed by atoms with Crippen LogP contribution in [0.1, 0.15) is 37.3 Å². The van der Waals surface area contributed by atoms with E-state index in [0.717, 1.165) is 17.0 Å². The molecule has 1 unspecified atom stereocenters.